The molecule has 78 valence electrons. The Morgan fingerprint density at radius 1 is 1.14 bits per heavy atom. The lowest BCUT2D eigenvalue weighted by Crippen LogP contribution is -2.08. The van der Waals surface area contributed by atoms with Crippen molar-refractivity contribution in [2.75, 3.05) is 12.4 Å². The highest BCUT2D eigenvalue weighted by Crippen LogP contribution is 2.39. The first-order valence-electron chi connectivity index (χ1n) is 3.60. The van der Waals surface area contributed by atoms with Gasteiger partial charge < -0.3 is 5.32 Å². The number of rotatable bonds is 1. The Balaban J connectivity index is 3.35. The predicted octanol–water partition coefficient (Wildman–Crippen LogP) is 4.05. The molecule has 0 aliphatic rings. The Morgan fingerprint density at radius 2 is 1.64 bits per heavy atom. The first kappa shape index (κ1) is 11.5. The zero-order chi connectivity index (χ0) is 10.9. The molecule has 6 heteroatoms. The third kappa shape index (κ3) is 2.25. The van der Waals surface area contributed by atoms with Gasteiger partial charge in [-0.2, -0.15) is 13.2 Å². The van der Waals surface area contributed by atoms with Crippen molar-refractivity contribution in [3.05, 3.63) is 27.7 Å². The van der Waals surface area contributed by atoms with Crippen LogP contribution in [0, 0.1) is 0 Å². The van der Waals surface area contributed by atoms with Gasteiger partial charge >= 0.3 is 6.18 Å². The summed E-state index contributed by atoms with van der Waals surface area (Å²) in [4.78, 5) is 0. The SMILES string of the molecule is CNc1cc(Cl)c(Cl)cc1C(F)(F)F. The van der Waals surface area contributed by atoms with Crippen LogP contribution in [0.15, 0.2) is 12.1 Å². The van der Waals surface area contributed by atoms with Gasteiger partial charge in [0.2, 0.25) is 0 Å². The first-order valence-corrected chi connectivity index (χ1v) is 4.36. The molecule has 1 nitrogen and oxygen atoms in total. The third-order valence-electron chi connectivity index (χ3n) is 1.64. The lowest BCUT2D eigenvalue weighted by Gasteiger charge is -2.13. The molecule has 0 spiro atoms. The minimum Gasteiger partial charge on any atom is -0.388 e. The molecule has 0 aliphatic heterocycles. The van der Waals surface area contributed by atoms with Crippen molar-refractivity contribution in [1.29, 1.82) is 0 Å². The molecule has 0 saturated carbocycles. The summed E-state index contributed by atoms with van der Waals surface area (Å²) in [5.74, 6) is 0. The minimum absolute atomic E-state index is 0.0871. The van der Waals surface area contributed by atoms with Crippen LogP contribution in [0.3, 0.4) is 0 Å². The van der Waals surface area contributed by atoms with Crippen molar-refractivity contribution >= 4 is 28.9 Å². The fourth-order valence-electron chi connectivity index (χ4n) is 0.988. The number of hydrogen-bond donors (Lipinski definition) is 1. The van der Waals surface area contributed by atoms with Crippen molar-refractivity contribution in [2.45, 2.75) is 6.18 Å². The fourth-order valence-corrected chi connectivity index (χ4v) is 1.32. The van der Waals surface area contributed by atoms with Crippen molar-refractivity contribution in [3.63, 3.8) is 0 Å². The first-order chi connectivity index (χ1) is 6.36. The molecule has 1 rings (SSSR count). The van der Waals surface area contributed by atoms with Crippen molar-refractivity contribution < 1.29 is 13.2 Å². The summed E-state index contributed by atoms with van der Waals surface area (Å²) < 4.78 is 37.2. The molecule has 0 atom stereocenters. The second-order valence-corrected chi connectivity index (χ2v) is 3.37. The summed E-state index contributed by atoms with van der Waals surface area (Å²) in [5, 5.41) is 2.38. The summed E-state index contributed by atoms with van der Waals surface area (Å²) in [6.07, 6.45) is -4.44. The van der Waals surface area contributed by atoms with Gasteiger partial charge in [-0.1, -0.05) is 23.2 Å². The summed E-state index contributed by atoms with van der Waals surface area (Å²) in [6, 6.07) is 1.95. The van der Waals surface area contributed by atoms with Gasteiger partial charge in [-0.3, -0.25) is 0 Å². The van der Waals surface area contributed by atoms with E-state index in [9.17, 15) is 13.2 Å². The third-order valence-corrected chi connectivity index (χ3v) is 2.36. The van der Waals surface area contributed by atoms with E-state index in [2.05, 4.69) is 5.32 Å². The van der Waals surface area contributed by atoms with Crippen LogP contribution in [0.5, 0.6) is 0 Å². The van der Waals surface area contributed by atoms with E-state index in [4.69, 9.17) is 23.2 Å². The monoisotopic (exact) mass is 243 g/mol. The molecule has 0 amide bonds. The molecule has 0 bridgehead atoms. The maximum Gasteiger partial charge on any atom is 0.418 e. The zero-order valence-corrected chi connectivity index (χ0v) is 8.56. The number of alkyl halides is 3. The van der Waals surface area contributed by atoms with Crippen LogP contribution >= 0.6 is 23.2 Å². The van der Waals surface area contributed by atoms with E-state index in [1.54, 1.807) is 0 Å². The molecule has 0 unspecified atom stereocenters. The topological polar surface area (TPSA) is 12.0 Å². The number of nitrogens with one attached hydrogen (secondary N) is 1. The van der Waals surface area contributed by atoms with E-state index in [-0.39, 0.29) is 15.7 Å². The van der Waals surface area contributed by atoms with Crippen LogP contribution in [0.25, 0.3) is 0 Å². The second kappa shape index (κ2) is 3.87. The highest BCUT2D eigenvalue weighted by Gasteiger charge is 2.34. The zero-order valence-electron chi connectivity index (χ0n) is 7.04. The molecule has 1 aromatic rings. The van der Waals surface area contributed by atoms with Crippen LogP contribution in [0.1, 0.15) is 5.56 Å². The van der Waals surface area contributed by atoms with Crippen LogP contribution < -0.4 is 5.32 Å². The smallest absolute Gasteiger partial charge is 0.388 e. The van der Waals surface area contributed by atoms with Crippen molar-refractivity contribution in [3.8, 4) is 0 Å². The number of anilines is 1. The van der Waals surface area contributed by atoms with Crippen LogP contribution in [0.4, 0.5) is 18.9 Å². The molecule has 1 N–H and O–H groups in total. The van der Waals surface area contributed by atoms with Crippen molar-refractivity contribution in [1.82, 2.24) is 0 Å². The van der Waals surface area contributed by atoms with Crippen LogP contribution in [0.2, 0.25) is 10.0 Å². The molecule has 14 heavy (non-hydrogen) atoms. The maximum atomic E-state index is 12.4. The summed E-state index contributed by atoms with van der Waals surface area (Å²) in [6.45, 7) is 0. The summed E-state index contributed by atoms with van der Waals surface area (Å²) in [5.41, 5.74) is -0.915. The predicted molar refractivity (Wildman–Crippen MR) is 51.0 cm³/mol. The van der Waals surface area contributed by atoms with Gasteiger partial charge in [0.1, 0.15) is 0 Å². The molecular weight excluding hydrogens is 238 g/mol. The highest BCUT2D eigenvalue weighted by atomic mass is 35.5. The lowest BCUT2D eigenvalue weighted by atomic mass is 10.1. The molecular formula is C8H6Cl2F3N. The molecule has 0 saturated heterocycles. The molecule has 0 heterocycles. The Hall–Kier alpha value is -0.610. The van der Waals surface area contributed by atoms with E-state index >= 15 is 0 Å². The highest BCUT2D eigenvalue weighted by molar-refractivity contribution is 6.42. The fraction of sp³-hybridized carbons (Fsp3) is 0.250. The minimum atomic E-state index is -4.44. The Bertz CT molecular complexity index is 349. The van der Waals surface area contributed by atoms with Gasteiger partial charge in [-0.15, -0.1) is 0 Å². The van der Waals surface area contributed by atoms with Gasteiger partial charge in [-0.25, -0.2) is 0 Å². The lowest BCUT2D eigenvalue weighted by molar-refractivity contribution is -0.136. The van der Waals surface area contributed by atoms with E-state index in [0.29, 0.717) is 0 Å². The number of hydrogen-bond acceptors (Lipinski definition) is 1. The second-order valence-electron chi connectivity index (χ2n) is 2.56. The standard InChI is InChI=1S/C8H6Cl2F3N/c1-14-7-3-6(10)5(9)2-4(7)8(11,12)13/h2-3,14H,1H3. The Morgan fingerprint density at radius 3 is 2.07 bits per heavy atom. The molecule has 1 aromatic carbocycles. The van der Waals surface area contributed by atoms with Gasteiger partial charge in [0.05, 0.1) is 15.6 Å². The van der Waals surface area contributed by atoms with Gasteiger partial charge in [0.25, 0.3) is 0 Å². The summed E-state index contributed by atoms with van der Waals surface area (Å²) >= 11 is 11.1. The molecule has 0 aromatic heterocycles. The average Bonchev–Trinajstić information content (AvgIpc) is 2.07. The average molecular weight is 244 g/mol. The Labute approximate surface area is 88.8 Å². The number of benzene rings is 1. The quantitative estimate of drug-likeness (QED) is 0.785. The van der Waals surface area contributed by atoms with Crippen LogP contribution in [-0.2, 0) is 6.18 Å². The molecule has 0 aliphatic carbocycles. The van der Waals surface area contributed by atoms with E-state index in [0.717, 1.165) is 12.1 Å². The molecule has 0 radical (unpaired) electrons. The maximum absolute atomic E-state index is 12.4. The van der Waals surface area contributed by atoms with Crippen LogP contribution in [-0.4, -0.2) is 7.05 Å². The van der Waals surface area contributed by atoms with Gasteiger partial charge in [0.15, 0.2) is 0 Å². The summed E-state index contributed by atoms with van der Waals surface area (Å²) in [7, 11) is 1.38. The molecule has 0 fully saturated rings. The van der Waals surface area contributed by atoms with E-state index < -0.39 is 11.7 Å². The van der Waals surface area contributed by atoms with Gasteiger partial charge in [-0.05, 0) is 12.1 Å². The Kier molecular flexibility index (Phi) is 3.17. The van der Waals surface area contributed by atoms with E-state index in [1.807, 2.05) is 0 Å². The van der Waals surface area contributed by atoms with Crippen molar-refractivity contribution in [2.24, 2.45) is 0 Å². The largest absolute Gasteiger partial charge is 0.418 e. The van der Waals surface area contributed by atoms with E-state index in [1.165, 1.54) is 7.05 Å². The number of halogens is 5. The normalized spacial score (nSPS) is 11.6. The van der Waals surface area contributed by atoms with Gasteiger partial charge in [0, 0.05) is 12.7 Å².